The third-order valence-corrected chi connectivity index (χ3v) is 4.00. The highest BCUT2D eigenvalue weighted by atomic mass is 32.2. The summed E-state index contributed by atoms with van der Waals surface area (Å²) in [5.74, 6) is 0.375. The van der Waals surface area contributed by atoms with Crippen LogP contribution in [-0.2, 0) is 10.0 Å². The highest BCUT2D eigenvalue weighted by Crippen LogP contribution is 2.18. The minimum atomic E-state index is -3.61. The first-order valence-electron chi connectivity index (χ1n) is 4.93. The Labute approximate surface area is 99.4 Å². The Morgan fingerprint density at radius 3 is 2.71 bits per heavy atom. The zero-order chi connectivity index (χ0) is 12.5. The molecule has 0 saturated carbocycles. The van der Waals surface area contributed by atoms with Crippen molar-refractivity contribution in [1.29, 1.82) is 0 Å². The highest BCUT2D eigenvalue weighted by Gasteiger charge is 2.23. The van der Waals surface area contributed by atoms with Crippen LogP contribution in [0.3, 0.4) is 0 Å². The molecule has 90 valence electrons. The van der Waals surface area contributed by atoms with Gasteiger partial charge in [-0.1, -0.05) is 6.07 Å². The summed E-state index contributed by atoms with van der Waals surface area (Å²) in [4.78, 5) is 10.4. The second-order valence-electron chi connectivity index (χ2n) is 3.53. The fraction of sp³-hybridized carbons (Fsp3) is 0.200. The summed E-state index contributed by atoms with van der Waals surface area (Å²) in [6.07, 6.45) is 2.59. The van der Waals surface area contributed by atoms with Gasteiger partial charge in [-0.15, -0.1) is 0 Å². The Morgan fingerprint density at radius 2 is 2.12 bits per heavy atom. The topological polar surface area (TPSA) is 79.0 Å². The van der Waals surface area contributed by atoms with E-state index in [1.165, 1.54) is 19.6 Å². The molecule has 0 amide bonds. The molecular formula is C10H12N4O2S. The van der Waals surface area contributed by atoms with E-state index in [0.717, 1.165) is 10.00 Å². The lowest BCUT2D eigenvalue weighted by molar-refractivity contribution is 0.591. The predicted octanol–water partition coefficient (Wildman–Crippen LogP) is 0.938. The van der Waals surface area contributed by atoms with Gasteiger partial charge in [-0.2, -0.15) is 8.42 Å². The van der Waals surface area contributed by atoms with E-state index < -0.39 is 10.0 Å². The molecule has 0 saturated heterocycles. The van der Waals surface area contributed by atoms with Crippen molar-refractivity contribution in [2.45, 2.75) is 11.9 Å². The molecule has 0 atom stereocenters. The van der Waals surface area contributed by atoms with Crippen LogP contribution in [0.4, 0.5) is 5.82 Å². The number of aromatic nitrogens is 3. The summed E-state index contributed by atoms with van der Waals surface area (Å²) in [5.41, 5.74) is 0.758. The van der Waals surface area contributed by atoms with Gasteiger partial charge < -0.3 is 4.98 Å². The van der Waals surface area contributed by atoms with Crippen LogP contribution in [0.1, 0.15) is 5.69 Å². The smallest absolute Gasteiger partial charge is 0.282 e. The summed E-state index contributed by atoms with van der Waals surface area (Å²) in [7, 11) is -2.16. The van der Waals surface area contributed by atoms with Gasteiger partial charge in [0, 0.05) is 12.7 Å². The Balaban J connectivity index is 2.42. The van der Waals surface area contributed by atoms with Gasteiger partial charge in [-0.3, -0.25) is 4.31 Å². The highest BCUT2D eigenvalue weighted by molar-refractivity contribution is 7.92. The molecule has 0 aliphatic rings. The van der Waals surface area contributed by atoms with E-state index in [4.69, 9.17) is 0 Å². The largest absolute Gasteiger partial charge is 0.334 e. The molecule has 2 aromatic heterocycles. The minimum absolute atomic E-state index is 0.0447. The molecule has 0 unspecified atom stereocenters. The molecule has 17 heavy (non-hydrogen) atoms. The molecule has 0 aliphatic carbocycles. The number of aryl methyl sites for hydroxylation is 1. The van der Waals surface area contributed by atoms with Crippen molar-refractivity contribution in [2.24, 2.45) is 0 Å². The molecule has 0 radical (unpaired) electrons. The molecule has 2 heterocycles. The van der Waals surface area contributed by atoms with Crippen LogP contribution in [0.25, 0.3) is 0 Å². The van der Waals surface area contributed by atoms with Crippen LogP contribution < -0.4 is 4.31 Å². The number of aromatic amines is 1. The molecule has 1 N–H and O–H groups in total. The number of rotatable bonds is 3. The van der Waals surface area contributed by atoms with Gasteiger partial charge in [0.25, 0.3) is 10.0 Å². The minimum Gasteiger partial charge on any atom is -0.334 e. The van der Waals surface area contributed by atoms with Crippen LogP contribution in [0, 0.1) is 6.92 Å². The van der Waals surface area contributed by atoms with Gasteiger partial charge >= 0.3 is 0 Å². The zero-order valence-corrected chi connectivity index (χ0v) is 10.3. The lowest BCUT2D eigenvalue weighted by atomic mass is 10.4. The number of hydrogen-bond donors (Lipinski definition) is 1. The average molecular weight is 252 g/mol. The van der Waals surface area contributed by atoms with Crippen molar-refractivity contribution in [3.63, 3.8) is 0 Å². The number of imidazole rings is 1. The summed E-state index contributed by atoms with van der Waals surface area (Å²) in [5, 5.41) is 0.0447. The van der Waals surface area contributed by atoms with Gasteiger partial charge in [-0.25, -0.2) is 9.97 Å². The van der Waals surface area contributed by atoms with Crippen LogP contribution in [-0.4, -0.2) is 30.4 Å². The van der Waals surface area contributed by atoms with E-state index in [-0.39, 0.29) is 5.03 Å². The van der Waals surface area contributed by atoms with E-state index in [0.29, 0.717) is 5.82 Å². The molecule has 0 fully saturated rings. The van der Waals surface area contributed by atoms with Crippen molar-refractivity contribution >= 4 is 15.8 Å². The lowest BCUT2D eigenvalue weighted by Crippen LogP contribution is -2.27. The quantitative estimate of drug-likeness (QED) is 0.881. The van der Waals surface area contributed by atoms with Gasteiger partial charge in [0.1, 0.15) is 5.82 Å². The molecule has 6 nitrogen and oxygen atoms in total. The number of nitrogens with zero attached hydrogens (tertiary/aromatic N) is 3. The number of pyridine rings is 1. The van der Waals surface area contributed by atoms with E-state index in [1.54, 1.807) is 25.1 Å². The van der Waals surface area contributed by atoms with Crippen molar-refractivity contribution in [1.82, 2.24) is 15.0 Å². The monoisotopic (exact) mass is 252 g/mol. The second kappa shape index (κ2) is 4.17. The first-order valence-corrected chi connectivity index (χ1v) is 6.37. The molecule has 0 spiro atoms. The van der Waals surface area contributed by atoms with Crippen LogP contribution in [0.5, 0.6) is 0 Å². The van der Waals surface area contributed by atoms with Crippen molar-refractivity contribution in [2.75, 3.05) is 11.4 Å². The summed E-state index contributed by atoms with van der Waals surface area (Å²) >= 11 is 0. The maximum absolute atomic E-state index is 12.1. The predicted molar refractivity (Wildman–Crippen MR) is 63.2 cm³/mol. The SMILES string of the molecule is Cc1cccc(N(C)S(=O)(=O)c2cnc[nH]2)n1. The summed E-state index contributed by atoms with van der Waals surface area (Å²) in [6.45, 7) is 1.81. The Hall–Kier alpha value is -1.89. The Morgan fingerprint density at radius 1 is 1.35 bits per heavy atom. The first-order chi connectivity index (χ1) is 8.01. The third-order valence-electron chi connectivity index (χ3n) is 2.31. The Bertz CT molecular complexity index is 607. The van der Waals surface area contributed by atoms with E-state index in [1.807, 2.05) is 0 Å². The first kappa shape index (κ1) is 11.6. The van der Waals surface area contributed by atoms with Crippen LogP contribution in [0.2, 0.25) is 0 Å². The molecule has 0 bridgehead atoms. The van der Waals surface area contributed by atoms with Gasteiger partial charge in [0.05, 0.1) is 12.5 Å². The fourth-order valence-corrected chi connectivity index (χ4v) is 2.40. The standard InChI is InChI=1S/C10H12N4O2S/c1-8-4-3-5-9(13-8)14(2)17(15,16)10-6-11-7-12-10/h3-7H,1-2H3,(H,11,12). The third kappa shape index (κ3) is 2.14. The van der Waals surface area contributed by atoms with E-state index >= 15 is 0 Å². The van der Waals surface area contributed by atoms with Crippen LogP contribution in [0.15, 0.2) is 35.7 Å². The molecule has 0 aromatic carbocycles. The summed E-state index contributed by atoms with van der Waals surface area (Å²) < 4.78 is 25.4. The Kier molecular flexibility index (Phi) is 2.84. The van der Waals surface area contributed by atoms with Gasteiger partial charge in [0.15, 0.2) is 5.03 Å². The molecule has 2 rings (SSSR count). The molecule has 0 aliphatic heterocycles. The number of nitrogens with one attached hydrogen (secondary N) is 1. The maximum atomic E-state index is 12.1. The van der Waals surface area contributed by atoms with Crippen molar-refractivity contribution in [3.05, 3.63) is 36.4 Å². The number of sulfonamides is 1. The number of hydrogen-bond acceptors (Lipinski definition) is 4. The normalized spacial score (nSPS) is 11.4. The van der Waals surface area contributed by atoms with E-state index in [2.05, 4.69) is 15.0 Å². The number of H-pyrrole nitrogens is 1. The summed E-state index contributed by atoms with van der Waals surface area (Å²) in [6, 6.07) is 5.21. The van der Waals surface area contributed by atoms with Crippen LogP contribution >= 0.6 is 0 Å². The van der Waals surface area contributed by atoms with E-state index in [9.17, 15) is 8.42 Å². The fourth-order valence-electron chi connectivity index (χ4n) is 1.36. The van der Waals surface area contributed by atoms with Gasteiger partial charge in [-0.05, 0) is 19.1 Å². The molecule has 2 aromatic rings. The van der Waals surface area contributed by atoms with Crippen molar-refractivity contribution < 1.29 is 8.42 Å². The maximum Gasteiger partial charge on any atom is 0.282 e. The molecule has 7 heteroatoms. The molecular weight excluding hydrogens is 240 g/mol. The number of anilines is 1. The average Bonchev–Trinajstić information content (AvgIpc) is 2.82. The van der Waals surface area contributed by atoms with Gasteiger partial charge in [0.2, 0.25) is 0 Å². The second-order valence-corrected chi connectivity index (χ2v) is 5.46. The lowest BCUT2D eigenvalue weighted by Gasteiger charge is -2.17. The zero-order valence-electron chi connectivity index (χ0n) is 9.45. The van der Waals surface area contributed by atoms with Crippen molar-refractivity contribution in [3.8, 4) is 0 Å².